The highest BCUT2D eigenvalue weighted by molar-refractivity contribution is 5.95. The summed E-state index contributed by atoms with van der Waals surface area (Å²) in [7, 11) is 0. The van der Waals surface area contributed by atoms with E-state index in [2.05, 4.69) is 10.5 Å². The summed E-state index contributed by atoms with van der Waals surface area (Å²) in [6, 6.07) is 11.0. The molecule has 1 amide bonds. The Labute approximate surface area is 131 Å². The Bertz CT molecular complexity index is 784. The second-order valence-corrected chi connectivity index (χ2v) is 4.69. The second-order valence-electron chi connectivity index (χ2n) is 4.69. The minimum absolute atomic E-state index is 0.144. The number of hydrogen-bond acceptors (Lipinski definition) is 5. The summed E-state index contributed by atoms with van der Waals surface area (Å²) < 4.78 is 10.4. The van der Waals surface area contributed by atoms with Gasteiger partial charge >= 0.3 is 5.97 Å². The molecule has 0 saturated heterocycles. The monoisotopic (exact) mass is 312 g/mol. The summed E-state index contributed by atoms with van der Waals surface area (Å²) >= 11 is 0. The zero-order valence-corrected chi connectivity index (χ0v) is 11.9. The van der Waals surface area contributed by atoms with Gasteiger partial charge in [-0.1, -0.05) is 12.1 Å². The molecule has 23 heavy (non-hydrogen) atoms. The summed E-state index contributed by atoms with van der Waals surface area (Å²) in [6.45, 7) is 0.144. The summed E-state index contributed by atoms with van der Waals surface area (Å²) in [5, 5.41) is 12.6. The molecular formula is C16H12N2O5. The van der Waals surface area contributed by atoms with Crippen LogP contribution in [0.15, 0.2) is 47.6 Å². The first-order valence-corrected chi connectivity index (χ1v) is 6.70. The van der Waals surface area contributed by atoms with Crippen LogP contribution in [0.4, 0.5) is 0 Å². The molecule has 0 fully saturated rings. The van der Waals surface area contributed by atoms with E-state index in [1.165, 1.54) is 18.3 Å². The van der Waals surface area contributed by atoms with Crippen LogP contribution in [0.5, 0.6) is 11.5 Å². The van der Waals surface area contributed by atoms with Crippen LogP contribution in [0.25, 0.3) is 0 Å². The molecule has 0 bridgehead atoms. The first kappa shape index (κ1) is 14.6. The number of carboxylic acids is 1. The molecule has 7 nitrogen and oxygen atoms in total. The molecule has 0 spiro atoms. The lowest BCUT2D eigenvalue weighted by atomic mass is 10.1. The minimum atomic E-state index is -0.996. The number of nitrogens with one attached hydrogen (secondary N) is 1. The molecule has 2 aromatic rings. The normalized spacial score (nSPS) is 12.3. The Morgan fingerprint density at radius 2 is 1.74 bits per heavy atom. The van der Waals surface area contributed by atoms with Gasteiger partial charge in [-0.2, -0.15) is 5.10 Å². The van der Waals surface area contributed by atoms with Crippen LogP contribution in [-0.4, -0.2) is 30.0 Å². The number of amides is 1. The number of aromatic carboxylic acids is 1. The molecule has 0 saturated carbocycles. The average molecular weight is 312 g/mol. The molecule has 0 unspecified atom stereocenters. The van der Waals surface area contributed by atoms with Gasteiger partial charge in [0.2, 0.25) is 6.79 Å². The van der Waals surface area contributed by atoms with E-state index in [9.17, 15) is 9.59 Å². The molecule has 116 valence electrons. The number of carbonyl (C=O) groups excluding carboxylic acids is 1. The molecule has 3 rings (SSSR count). The van der Waals surface area contributed by atoms with E-state index in [4.69, 9.17) is 14.6 Å². The number of benzene rings is 2. The van der Waals surface area contributed by atoms with Crippen LogP contribution in [0.1, 0.15) is 26.3 Å². The molecule has 0 aliphatic carbocycles. The third-order valence-corrected chi connectivity index (χ3v) is 3.17. The Morgan fingerprint density at radius 3 is 2.48 bits per heavy atom. The fourth-order valence-corrected chi connectivity index (χ4v) is 1.98. The number of hydrazone groups is 1. The highest BCUT2D eigenvalue weighted by Gasteiger charge is 2.15. The van der Waals surface area contributed by atoms with Gasteiger partial charge in [-0.25, -0.2) is 10.2 Å². The Kier molecular flexibility index (Phi) is 3.92. The molecular weight excluding hydrogens is 300 g/mol. The first-order chi connectivity index (χ1) is 11.1. The van der Waals surface area contributed by atoms with Gasteiger partial charge in [0, 0.05) is 5.56 Å². The molecule has 1 aliphatic heterocycles. The molecule has 2 N–H and O–H groups in total. The van der Waals surface area contributed by atoms with E-state index in [0.717, 1.165) is 0 Å². The van der Waals surface area contributed by atoms with E-state index >= 15 is 0 Å². The van der Waals surface area contributed by atoms with Gasteiger partial charge in [-0.05, 0) is 35.9 Å². The van der Waals surface area contributed by atoms with Crippen LogP contribution < -0.4 is 14.9 Å². The third-order valence-electron chi connectivity index (χ3n) is 3.17. The van der Waals surface area contributed by atoms with E-state index in [-0.39, 0.29) is 18.3 Å². The average Bonchev–Trinajstić information content (AvgIpc) is 3.02. The number of ether oxygens (including phenoxy) is 2. The molecule has 7 heteroatoms. The summed E-state index contributed by atoms with van der Waals surface area (Å²) in [4.78, 5) is 22.7. The van der Waals surface area contributed by atoms with Crippen LogP contribution in [0.2, 0.25) is 0 Å². The van der Waals surface area contributed by atoms with Crippen molar-refractivity contribution in [3.05, 3.63) is 59.2 Å². The smallest absolute Gasteiger partial charge is 0.335 e. The Hall–Kier alpha value is -3.35. The van der Waals surface area contributed by atoms with Crippen molar-refractivity contribution in [3.63, 3.8) is 0 Å². The Morgan fingerprint density at radius 1 is 1.04 bits per heavy atom. The van der Waals surface area contributed by atoms with Crippen molar-refractivity contribution in [2.24, 2.45) is 5.10 Å². The van der Waals surface area contributed by atoms with Crippen molar-refractivity contribution in [3.8, 4) is 11.5 Å². The number of nitrogens with zero attached hydrogens (tertiary/aromatic N) is 1. The van der Waals surface area contributed by atoms with Gasteiger partial charge in [-0.3, -0.25) is 4.79 Å². The molecule has 0 atom stereocenters. The van der Waals surface area contributed by atoms with Gasteiger partial charge in [0.15, 0.2) is 11.5 Å². The van der Waals surface area contributed by atoms with E-state index < -0.39 is 5.97 Å². The number of carbonyl (C=O) groups is 2. The van der Waals surface area contributed by atoms with Gasteiger partial charge in [0.25, 0.3) is 5.91 Å². The van der Waals surface area contributed by atoms with E-state index in [0.29, 0.717) is 22.6 Å². The SMILES string of the molecule is O=C(O)c1ccc(/C=N/NC(=O)c2ccc3c(c2)OCO3)cc1. The largest absolute Gasteiger partial charge is 0.478 e. The lowest BCUT2D eigenvalue weighted by molar-refractivity contribution is 0.0696. The molecule has 2 aromatic carbocycles. The maximum Gasteiger partial charge on any atom is 0.335 e. The second kappa shape index (κ2) is 6.18. The highest BCUT2D eigenvalue weighted by atomic mass is 16.7. The fraction of sp³-hybridized carbons (Fsp3) is 0.0625. The number of rotatable bonds is 4. The predicted molar refractivity (Wildman–Crippen MR) is 81.0 cm³/mol. The topological polar surface area (TPSA) is 97.2 Å². The molecule has 1 aliphatic rings. The van der Waals surface area contributed by atoms with Crippen LogP contribution in [0.3, 0.4) is 0 Å². The third kappa shape index (κ3) is 3.29. The summed E-state index contributed by atoms with van der Waals surface area (Å²) in [6.07, 6.45) is 1.43. The standard InChI is InChI=1S/C16H12N2O5/c19-15(12-5-6-13-14(7-12)23-9-22-13)18-17-8-10-1-3-11(4-2-10)16(20)21/h1-8H,9H2,(H,18,19)(H,20,21)/b17-8+. The summed E-state index contributed by atoms with van der Waals surface area (Å²) in [5.74, 6) is -0.263. The zero-order valence-electron chi connectivity index (χ0n) is 11.9. The highest BCUT2D eigenvalue weighted by Crippen LogP contribution is 2.32. The van der Waals surface area contributed by atoms with Crippen LogP contribution in [0, 0.1) is 0 Å². The van der Waals surface area contributed by atoms with Crippen molar-refractivity contribution in [2.45, 2.75) is 0 Å². The quantitative estimate of drug-likeness (QED) is 0.663. The van der Waals surface area contributed by atoms with Gasteiger partial charge in [0.05, 0.1) is 11.8 Å². The van der Waals surface area contributed by atoms with Crippen molar-refractivity contribution in [2.75, 3.05) is 6.79 Å². The fourth-order valence-electron chi connectivity index (χ4n) is 1.98. The zero-order chi connectivity index (χ0) is 16.2. The maximum atomic E-state index is 12.0. The predicted octanol–water partition coefficient (Wildman–Crippen LogP) is 1.88. The lowest BCUT2D eigenvalue weighted by Crippen LogP contribution is -2.17. The van der Waals surface area contributed by atoms with Gasteiger partial charge < -0.3 is 14.6 Å². The molecule has 0 radical (unpaired) electrons. The van der Waals surface area contributed by atoms with Crippen molar-refractivity contribution < 1.29 is 24.2 Å². The van der Waals surface area contributed by atoms with Crippen molar-refractivity contribution >= 4 is 18.1 Å². The number of fused-ring (bicyclic) bond motifs is 1. The van der Waals surface area contributed by atoms with Gasteiger partial charge in [0.1, 0.15) is 0 Å². The van der Waals surface area contributed by atoms with Crippen LogP contribution in [-0.2, 0) is 0 Å². The first-order valence-electron chi connectivity index (χ1n) is 6.70. The van der Waals surface area contributed by atoms with E-state index in [1.807, 2.05) is 0 Å². The van der Waals surface area contributed by atoms with Gasteiger partial charge in [-0.15, -0.1) is 0 Å². The minimum Gasteiger partial charge on any atom is -0.478 e. The van der Waals surface area contributed by atoms with Crippen molar-refractivity contribution in [1.82, 2.24) is 5.43 Å². The van der Waals surface area contributed by atoms with E-state index in [1.54, 1.807) is 30.3 Å². The number of carboxylic acid groups (broad SMARTS) is 1. The van der Waals surface area contributed by atoms with Crippen LogP contribution >= 0.6 is 0 Å². The maximum absolute atomic E-state index is 12.0. The lowest BCUT2D eigenvalue weighted by Gasteiger charge is -2.01. The molecule has 0 aromatic heterocycles. The number of hydrogen-bond donors (Lipinski definition) is 2. The molecule has 1 heterocycles. The van der Waals surface area contributed by atoms with Crippen molar-refractivity contribution in [1.29, 1.82) is 0 Å². The summed E-state index contributed by atoms with van der Waals surface area (Å²) in [5.41, 5.74) is 3.64. The Balaban J connectivity index is 1.63.